The summed E-state index contributed by atoms with van der Waals surface area (Å²) in [7, 11) is -0.304. The fraction of sp³-hybridized carbons (Fsp3) is 0.647. The van der Waals surface area contributed by atoms with E-state index in [0.29, 0.717) is 5.92 Å². The standard InChI is InChI=1S/C17H27BO3/c1-6-13(11-12-19)14-7-9-15(10-8-14)18-20-16(2,3)17(4,5)21-18/h7-10,13,19H,6,11-12H2,1-5H3. The summed E-state index contributed by atoms with van der Waals surface area (Å²) in [5, 5.41) is 9.13. The van der Waals surface area contributed by atoms with Crippen LogP contribution in [-0.4, -0.2) is 30.0 Å². The third-order valence-corrected chi connectivity index (χ3v) is 4.90. The molecule has 1 heterocycles. The molecule has 21 heavy (non-hydrogen) atoms. The number of benzene rings is 1. The molecule has 1 atom stereocenters. The van der Waals surface area contributed by atoms with E-state index < -0.39 is 0 Å². The Balaban J connectivity index is 2.13. The second-order valence-corrected chi connectivity index (χ2v) is 6.87. The Morgan fingerprint density at radius 1 is 1.05 bits per heavy atom. The van der Waals surface area contributed by atoms with Crippen molar-refractivity contribution in [2.45, 2.75) is 64.6 Å². The first-order chi connectivity index (χ1) is 9.80. The number of rotatable bonds is 5. The molecule has 1 aliphatic rings. The number of aliphatic hydroxyl groups excluding tert-OH is 1. The van der Waals surface area contributed by atoms with Crippen molar-refractivity contribution in [3.05, 3.63) is 29.8 Å². The van der Waals surface area contributed by atoms with E-state index in [4.69, 9.17) is 14.4 Å². The summed E-state index contributed by atoms with van der Waals surface area (Å²) in [6, 6.07) is 8.42. The van der Waals surface area contributed by atoms with Gasteiger partial charge in [0.2, 0.25) is 0 Å². The molecule has 116 valence electrons. The van der Waals surface area contributed by atoms with Crippen molar-refractivity contribution >= 4 is 12.6 Å². The molecule has 3 nitrogen and oxygen atoms in total. The fourth-order valence-corrected chi connectivity index (χ4v) is 2.67. The number of aliphatic hydroxyl groups is 1. The zero-order valence-electron chi connectivity index (χ0n) is 13.8. The van der Waals surface area contributed by atoms with Gasteiger partial charge in [0.15, 0.2) is 0 Å². The highest BCUT2D eigenvalue weighted by atomic mass is 16.7. The maximum atomic E-state index is 9.13. The molecule has 4 heteroatoms. The van der Waals surface area contributed by atoms with E-state index in [9.17, 15) is 0 Å². The van der Waals surface area contributed by atoms with Crippen LogP contribution in [0.25, 0.3) is 0 Å². The minimum Gasteiger partial charge on any atom is -0.399 e. The quantitative estimate of drug-likeness (QED) is 0.847. The first-order valence-corrected chi connectivity index (χ1v) is 7.87. The predicted octanol–water partition coefficient (Wildman–Crippen LogP) is 2.86. The lowest BCUT2D eigenvalue weighted by Crippen LogP contribution is -2.41. The van der Waals surface area contributed by atoms with Crippen molar-refractivity contribution in [3.63, 3.8) is 0 Å². The highest BCUT2D eigenvalue weighted by molar-refractivity contribution is 6.62. The van der Waals surface area contributed by atoms with E-state index in [-0.39, 0.29) is 24.9 Å². The Kier molecular flexibility index (Phi) is 4.81. The van der Waals surface area contributed by atoms with Gasteiger partial charge in [-0.05, 0) is 57.5 Å². The molecule has 1 fully saturated rings. The van der Waals surface area contributed by atoms with E-state index in [0.717, 1.165) is 18.3 Å². The van der Waals surface area contributed by atoms with Gasteiger partial charge in [0, 0.05) is 6.61 Å². The SMILES string of the molecule is CCC(CCO)c1ccc(B2OC(C)(C)C(C)(C)O2)cc1. The van der Waals surface area contributed by atoms with Crippen molar-refractivity contribution in [1.82, 2.24) is 0 Å². The maximum Gasteiger partial charge on any atom is 0.494 e. The van der Waals surface area contributed by atoms with Crippen LogP contribution in [0.3, 0.4) is 0 Å². The van der Waals surface area contributed by atoms with Gasteiger partial charge in [-0.25, -0.2) is 0 Å². The number of hydrogen-bond donors (Lipinski definition) is 1. The maximum absolute atomic E-state index is 9.13. The van der Waals surface area contributed by atoms with E-state index in [1.807, 2.05) is 0 Å². The summed E-state index contributed by atoms with van der Waals surface area (Å²) in [5.74, 6) is 0.419. The van der Waals surface area contributed by atoms with Crippen LogP contribution in [0.15, 0.2) is 24.3 Å². The molecule has 0 spiro atoms. The normalized spacial score (nSPS) is 21.5. The van der Waals surface area contributed by atoms with Gasteiger partial charge in [0.25, 0.3) is 0 Å². The van der Waals surface area contributed by atoms with Crippen LogP contribution in [-0.2, 0) is 9.31 Å². The van der Waals surface area contributed by atoms with E-state index in [1.54, 1.807) is 0 Å². The molecule has 0 saturated carbocycles. The van der Waals surface area contributed by atoms with Gasteiger partial charge in [-0.3, -0.25) is 0 Å². The molecule has 0 bridgehead atoms. The van der Waals surface area contributed by atoms with Crippen LogP contribution in [0, 0.1) is 0 Å². The lowest BCUT2D eigenvalue weighted by atomic mass is 9.78. The third-order valence-electron chi connectivity index (χ3n) is 4.90. The second kappa shape index (κ2) is 6.11. The highest BCUT2D eigenvalue weighted by Gasteiger charge is 2.51. The zero-order valence-corrected chi connectivity index (χ0v) is 13.8. The average Bonchev–Trinajstić information content (AvgIpc) is 2.65. The molecule has 0 amide bonds. The number of hydrogen-bond acceptors (Lipinski definition) is 3. The molecule has 0 aliphatic carbocycles. The topological polar surface area (TPSA) is 38.7 Å². The molecule has 0 radical (unpaired) electrons. The molecular weight excluding hydrogens is 263 g/mol. The Hall–Kier alpha value is -0.835. The van der Waals surface area contributed by atoms with Gasteiger partial charge >= 0.3 is 7.12 Å². The summed E-state index contributed by atoms with van der Waals surface area (Å²) in [6.07, 6.45) is 1.85. The van der Waals surface area contributed by atoms with Crippen LogP contribution in [0.4, 0.5) is 0 Å². The van der Waals surface area contributed by atoms with Crippen molar-refractivity contribution in [1.29, 1.82) is 0 Å². The molecule has 1 unspecified atom stereocenters. The van der Waals surface area contributed by atoms with Crippen LogP contribution in [0.1, 0.15) is 58.9 Å². The molecule has 2 rings (SSSR count). The van der Waals surface area contributed by atoms with E-state index in [1.165, 1.54) is 5.56 Å². The molecule has 1 aliphatic heterocycles. The summed E-state index contributed by atoms with van der Waals surface area (Å²) >= 11 is 0. The summed E-state index contributed by atoms with van der Waals surface area (Å²) in [5.41, 5.74) is 1.71. The molecular formula is C17H27BO3. The van der Waals surface area contributed by atoms with Crippen LogP contribution < -0.4 is 5.46 Å². The second-order valence-electron chi connectivity index (χ2n) is 6.87. The largest absolute Gasteiger partial charge is 0.494 e. The van der Waals surface area contributed by atoms with Gasteiger partial charge in [-0.15, -0.1) is 0 Å². The zero-order chi connectivity index (χ0) is 15.7. The van der Waals surface area contributed by atoms with Crippen LogP contribution in [0.2, 0.25) is 0 Å². The summed E-state index contributed by atoms with van der Waals surface area (Å²) in [6.45, 7) is 10.6. The van der Waals surface area contributed by atoms with Crippen LogP contribution in [0.5, 0.6) is 0 Å². The van der Waals surface area contributed by atoms with Crippen molar-refractivity contribution in [2.75, 3.05) is 6.61 Å². The summed E-state index contributed by atoms with van der Waals surface area (Å²) < 4.78 is 12.1. The Labute approximate surface area is 128 Å². The van der Waals surface area contributed by atoms with Crippen molar-refractivity contribution < 1.29 is 14.4 Å². The Morgan fingerprint density at radius 3 is 2.00 bits per heavy atom. The minimum atomic E-state index is -0.306. The highest BCUT2D eigenvalue weighted by Crippen LogP contribution is 2.36. The van der Waals surface area contributed by atoms with Gasteiger partial charge in [0.05, 0.1) is 11.2 Å². The van der Waals surface area contributed by atoms with Crippen molar-refractivity contribution in [2.24, 2.45) is 0 Å². The predicted molar refractivity (Wildman–Crippen MR) is 86.9 cm³/mol. The van der Waals surface area contributed by atoms with Gasteiger partial charge in [-0.1, -0.05) is 31.2 Å². The molecule has 1 N–H and O–H groups in total. The van der Waals surface area contributed by atoms with E-state index in [2.05, 4.69) is 58.9 Å². The fourth-order valence-electron chi connectivity index (χ4n) is 2.67. The van der Waals surface area contributed by atoms with Crippen LogP contribution >= 0.6 is 0 Å². The lowest BCUT2D eigenvalue weighted by molar-refractivity contribution is 0.00578. The molecule has 1 aromatic rings. The molecule has 0 aromatic heterocycles. The average molecular weight is 290 g/mol. The van der Waals surface area contributed by atoms with Gasteiger partial charge < -0.3 is 14.4 Å². The molecule has 1 saturated heterocycles. The molecule has 1 aromatic carbocycles. The first-order valence-electron chi connectivity index (χ1n) is 7.87. The van der Waals surface area contributed by atoms with Gasteiger partial charge in [-0.2, -0.15) is 0 Å². The Bertz CT molecular complexity index is 451. The van der Waals surface area contributed by atoms with E-state index >= 15 is 0 Å². The third kappa shape index (κ3) is 3.33. The van der Waals surface area contributed by atoms with Crippen molar-refractivity contribution in [3.8, 4) is 0 Å². The lowest BCUT2D eigenvalue weighted by Gasteiger charge is -2.32. The first kappa shape index (κ1) is 16.5. The summed E-state index contributed by atoms with van der Waals surface area (Å²) in [4.78, 5) is 0. The van der Waals surface area contributed by atoms with Gasteiger partial charge in [0.1, 0.15) is 0 Å². The smallest absolute Gasteiger partial charge is 0.399 e. The Morgan fingerprint density at radius 2 is 1.57 bits per heavy atom. The minimum absolute atomic E-state index is 0.234. The monoisotopic (exact) mass is 290 g/mol.